The number of nitrogens with one attached hydrogen (secondary N) is 1. The Hall–Kier alpha value is -1.53. The first-order valence-electron chi connectivity index (χ1n) is 9.69. The maximum Gasteiger partial charge on any atom is 0.255 e. The lowest BCUT2D eigenvalue weighted by Gasteiger charge is -2.24. The SMILES string of the molecule is O=C(NCCCN1CCCCCC1)C1CSCN1C(=O)c1ccccc1. The molecule has 0 bridgehead atoms. The Kier molecular flexibility index (Phi) is 7.38. The van der Waals surface area contributed by atoms with Crippen LogP contribution in [0.25, 0.3) is 0 Å². The van der Waals surface area contributed by atoms with Crippen molar-refractivity contribution in [3.05, 3.63) is 35.9 Å². The molecule has 1 atom stereocenters. The number of benzene rings is 1. The van der Waals surface area contributed by atoms with E-state index in [0.717, 1.165) is 13.0 Å². The number of likely N-dealkylation sites (tertiary alicyclic amines) is 1. The molecule has 26 heavy (non-hydrogen) atoms. The number of hydrogen-bond acceptors (Lipinski definition) is 4. The van der Waals surface area contributed by atoms with Gasteiger partial charge in [0, 0.05) is 17.9 Å². The average Bonchev–Trinajstić information content (AvgIpc) is 3.02. The summed E-state index contributed by atoms with van der Waals surface area (Å²) in [5, 5.41) is 3.04. The van der Waals surface area contributed by atoms with E-state index in [0.29, 0.717) is 23.7 Å². The molecule has 2 aliphatic rings. The van der Waals surface area contributed by atoms with E-state index < -0.39 is 0 Å². The predicted octanol–water partition coefficient (Wildman–Crippen LogP) is 2.58. The van der Waals surface area contributed by atoms with Crippen molar-refractivity contribution in [1.82, 2.24) is 15.1 Å². The van der Waals surface area contributed by atoms with Crippen LogP contribution in [0.15, 0.2) is 30.3 Å². The molecular weight excluding hydrogens is 346 g/mol. The van der Waals surface area contributed by atoms with Gasteiger partial charge in [-0.25, -0.2) is 0 Å². The van der Waals surface area contributed by atoms with Gasteiger partial charge in [-0.2, -0.15) is 0 Å². The van der Waals surface area contributed by atoms with Crippen LogP contribution in [0.3, 0.4) is 0 Å². The van der Waals surface area contributed by atoms with Crippen LogP contribution in [0.1, 0.15) is 42.5 Å². The minimum absolute atomic E-state index is 0.0184. The summed E-state index contributed by atoms with van der Waals surface area (Å²) in [5.41, 5.74) is 0.647. The van der Waals surface area contributed by atoms with E-state index in [4.69, 9.17) is 0 Å². The first kappa shape index (κ1) is 19.2. The minimum atomic E-state index is -0.356. The van der Waals surface area contributed by atoms with Crippen LogP contribution < -0.4 is 5.32 Å². The van der Waals surface area contributed by atoms with Gasteiger partial charge in [0.1, 0.15) is 6.04 Å². The Bertz CT molecular complexity index is 588. The van der Waals surface area contributed by atoms with E-state index in [-0.39, 0.29) is 17.9 Å². The Labute approximate surface area is 160 Å². The quantitative estimate of drug-likeness (QED) is 0.777. The highest BCUT2D eigenvalue weighted by molar-refractivity contribution is 7.99. The summed E-state index contributed by atoms with van der Waals surface area (Å²) in [6.07, 6.45) is 6.25. The van der Waals surface area contributed by atoms with Crippen LogP contribution in [-0.2, 0) is 4.79 Å². The van der Waals surface area contributed by atoms with E-state index in [1.165, 1.54) is 38.8 Å². The zero-order chi connectivity index (χ0) is 18.2. The van der Waals surface area contributed by atoms with Crippen molar-refractivity contribution < 1.29 is 9.59 Å². The largest absolute Gasteiger partial charge is 0.354 e. The third-order valence-corrected chi connectivity index (χ3v) is 6.13. The Morgan fingerprint density at radius 2 is 1.81 bits per heavy atom. The molecule has 0 saturated carbocycles. The van der Waals surface area contributed by atoms with Crippen molar-refractivity contribution in [2.75, 3.05) is 37.8 Å². The zero-order valence-corrected chi connectivity index (χ0v) is 16.2. The first-order chi connectivity index (χ1) is 12.8. The summed E-state index contributed by atoms with van der Waals surface area (Å²) in [4.78, 5) is 29.4. The first-order valence-corrected chi connectivity index (χ1v) is 10.8. The standard InChI is InChI=1S/C20H29N3O2S/c24-19(21-11-8-14-22-12-6-1-2-7-13-22)18-15-26-16-23(18)20(25)17-9-4-3-5-10-17/h3-5,9-10,18H,1-2,6-8,11-16H2,(H,21,24). The van der Waals surface area contributed by atoms with Gasteiger partial charge < -0.3 is 15.1 Å². The molecule has 0 spiro atoms. The molecule has 1 N–H and O–H groups in total. The number of nitrogens with zero attached hydrogens (tertiary/aromatic N) is 2. The minimum Gasteiger partial charge on any atom is -0.354 e. The maximum absolute atomic E-state index is 12.7. The van der Waals surface area contributed by atoms with Crippen molar-refractivity contribution in [1.29, 1.82) is 0 Å². The van der Waals surface area contributed by atoms with Crippen molar-refractivity contribution in [2.45, 2.75) is 38.1 Å². The molecular formula is C20H29N3O2S. The molecule has 1 aromatic rings. The van der Waals surface area contributed by atoms with Crippen LogP contribution in [-0.4, -0.2) is 65.5 Å². The van der Waals surface area contributed by atoms with Gasteiger partial charge in [0.05, 0.1) is 5.88 Å². The fraction of sp³-hybridized carbons (Fsp3) is 0.600. The summed E-state index contributed by atoms with van der Waals surface area (Å²) in [5.74, 6) is 1.19. The third-order valence-electron chi connectivity index (χ3n) is 5.12. The highest BCUT2D eigenvalue weighted by atomic mass is 32.2. The second kappa shape index (κ2) is 9.97. The number of carbonyl (C=O) groups excluding carboxylic acids is 2. The number of carbonyl (C=O) groups is 2. The van der Waals surface area contributed by atoms with Gasteiger partial charge in [-0.15, -0.1) is 11.8 Å². The molecule has 0 aromatic heterocycles. The monoisotopic (exact) mass is 375 g/mol. The van der Waals surface area contributed by atoms with Crippen LogP contribution >= 0.6 is 11.8 Å². The van der Waals surface area contributed by atoms with Gasteiger partial charge in [0.2, 0.25) is 5.91 Å². The molecule has 1 unspecified atom stereocenters. The Morgan fingerprint density at radius 3 is 2.54 bits per heavy atom. The second-order valence-corrected chi connectivity index (χ2v) is 8.06. The van der Waals surface area contributed by atoms with Gasteiger partial charge in [-0.3, -0.25) is 9.59 Å². The number of rotatable bonds is 6. The van der Waals surface area contributed by atoms with Crippen LogP contribution in [0.2, 0.25) is 0 Å². The van der Waals surface area contributed by atoms with Gasteiger partial charge in [-0.05, 0) is 51.0 Å². The molecule has 2 amide bonds. The highest BCUT2D eigenvalue weighted by Crippen LogP contribution is 2.23. The zero-order valence-electron chi connectivity index (χ0n) is 15.4. The summed E-state index contributed by atoms with van der Waals surface area (Å²) >= 11 is 1.64. The van der Waals surface area contributed by atoms with E-state index in [1.54, 1.807) is 16.7 Å². The second-order valence-electron chi connectivity index (χ2n) is 7.06. The van der Waals surface area contributed by atoms with Gasteiger partial charge >= 0.3 is 0 Å². The van der Waals surface area contributed by atoms with Crippen LogP contribution in [0.4, 0.5) is 0 Å². The molecule has 3 rings (SSSR count). The number of thioether (sulfide) groups is 1. The Balaban J connectivity index is 1.44. The fourth-order valence-corrected chi connectivity index (χ4v) is 4.75. The van der Waals surface area contributed by atoms with Gasteiger partial charge in [-0.1, -0.05) is 31.0 Å². The van der Waals surface area contributed by atoms with Crippen molar-refractivity contribution in [2.24, 2.45) is 0 Å². The van der Waals surface area contributed by atoms with Gasteiger partial charge in [0.25, 0.3) is 5.91 Å². The van der Waals surface area contributed by atoms with Crippen molar-refractivity contribution in [3.8, 4) is 0 Å². The molecule has 6 heteroatoms. The molecule has 2 saturated heterocycles. The number of hydrogen-bond donors (Lipinski definition) is 1. The van der Waals surface area contributed by atoms with Crippen molar-refractivity contribution >= 4 is 23.6 Å². The summed E-state index contributed by atoms with van der Waals surface area (Å²) in [6.45, 7) is 4.11. The maximum atomic E-state index is 12.7. The lowest BCUT2D eigenvalue weighted by molar-refractivity contribution is -0.124. The molecule has 0 radical (unpaired) electrons. The smallest absolute Gasteiger partial charge is 0.255 e. The van der Waals surface area contributed by atoms with Crippen LogP contribution in [0.5, 0.6) is 0 Å². The Morgan fingerprint density at radius 1 is 1.08 bits per heavy atom. The lowest BCUT2D eigenvalue weighted by atomic mass is 10.1. The average molecular weight is 376 g/mol. The van der Waals surface area contributed by atoms with Crippen LogP contribution in [0, 0.1) is 0 Å². The summed E-state index contributed by atoms with van der Waals surface area (Å²) in [7, 11) is 0. The fourth-order valence-electron chi connectivity index (χ4n) is 3.60. The normalized spacial score (nSPS) is 21.4. The molecule has 2 heterocycles. The van der Waals surface area contributed by atoms with E-state index in [2.05, 4.69) is 10.2 Å². The van der Waals surface area contributed by atoms with Crippen molar-refractivity contribution in [3.63, 3.8) is 0 Å². The molecule has 142 valence electrons. The molecule has 1 aromatic carbocycles. The van der Waals surface area contributed by atoms with E-state index >= 15 is 0 Å². The molecule has 5 nitrogen and oxygen atoms in total. The highest BCUT2D eigenvalue weighted by Gasteiger charge is 2.34. The molecule has 2 fully saturated rings. The molecule has 0 aliphatic carbocycles. The lowest BCUT2D eigenvalue weighted by Crippen LogP contribution is -2.47. The third kappa shape index (κ3) is 5.24. The van der Waals surface area contributed by atoms with E-state index in [1.807, 2.05) is 30.3 Å². The predicted molar refractivity (Wildman–Crippen MR) is 106 cm³/mol. The van der Waals surface area contributed by atoms with E-state index in [9.17, 15) is 9.59 Å². The van der Waals surface area contributed by atoms with Gasteiger partial charge in [0.15, 0.2) is 0 Å². The topological polar surface area (TPSA) is 52.7 Å². The molecule has 2 aliphatic heterocycles. The number of amides is 2. The summed E-state index contributed by atoms with van der Waals surface area (Å²) < 4.78 is 0. The summed E-state index contributed by atoms with van der Waals surface area (Å²) in [6, 6.07) is 8.86.